The predicted molar refractivity (Wildman–Crippen MR) is 50.5 cm³/mol. The number of fused-ring (bicyclic) bond motifs is 2. The summed E-state index contributed by atoms with van der Waals surface area (Å²) in [6.45, 7) is 1.18. The Kier molecular flexibility index (Phi) is 1.51. The van der Waals surface area contributed by atoms with Gasteiger partial charge in [-0.1, -0.05) is 0 Å². The molecule has 3 nitrogen and oxygen atoms in total. The van der Waals surface area contributed by atoms with Gasteiger partial charge in [-0.3, -0.25) is 0 Å². The molecule has 0 N–H and O–H groups in total. The van der Waals surface area contributed by atoms with Crippen LogP contribution in [0.3, 0.4) is 0 Å². The molecule has 0 spiro atoms. The van der Waals surface area contributed by atoms with E-state index in [1.807, 2.05) is 18.5 Å². The van der Waals surface area contributed by atoms with Gasteiger partial charge in [-0.2, -0.15) is 0 Å². The van der Waals surface area contributed by atoms with E-state index in [2.05, 4.69) is 14.9 Å². The Morgan fingerprint density at radius 1 is 1.23 bits per heavy atom. The zero-order chi connectivity index (χ0) is 8.67. The topological polar surface area (TPSA) is 29.0 Å². The van der Waals surface area contributed by atoms with Gasteiger partial charge in [-0.15, -0.1) is 0 Å². The Morgan fingerprint density at radius 3 is 2.69 bits per heavy atom. The fourth-order valence-corrected chi connectivity index (χ4v) is 2.61. The number of aromatic nitrogens is 2. The monoisotopic (exact) mass is 175 g/mol. The molecule has 0 radical (unpaired) electrons. The number of rotatable bonds is 1. The third-order valence-electron chi connectivity index (χ3n) is 3.22. The zero-order valence-corrected chi connectivity index (χ0v) is 7.56. The van der Waals surface area contributed by atoms with Gasteiger partial charge < -0.3 is 4.90 Å². The smallest absolute Gasteiger partial charge is 0.225 e. The van der Waals surface area contributed by atoms with Crippen LogP contribution in [0, 0.1) is 5.92 Å². The Bertz CT molecular complexity index is 298. The quantitative estimate of drug-likeness (QED) is 0.647. The van der Waals surface area contributed by atoms with Crippen LogP contribution in [0.5, 0.6) is 0 Å². The summed E-state index contributed by atoms with van der Waals surface area (Å²) in [6.07, 6.45) is 7.76. The van der Waals surface area contributed by atoms with E-state index in [0.29, 0.717) is 0 Å². The Hall–Kier alpha value is -1.12. The summed E-state index contributed by atoms with van der Waals surface area (Å²) in [5, 5.41) is 0. The SMILES string of the molecule is c1cnc(N2CC3CCC2C3)nc1. The Balaban J connectivity index is 1.87. The predicted octanol–water partition coefficient (Wildman–Crippen LogP) is 1.47. The zero-order valence-electron chi connectivity index (χ0n) is 7.56. The largest absolute Gasteiger partial charge is 0.338 e. The van der Waals surface area contributed by atoms with Crippen molar-refractivity contribution in [1.29, 1.82) is 0 Å². The molecule has 1 aromatic rings. The van der Waals surface area contributed by atoms with Crippen LogP contribution in [0.2, 0.25) is 0 Å². The van der Waals surface area contributed by atoms with Crippen LogP contribution >= 0.6 is 0 Å². The lowest BCUT2D eigenvalue weighted by Gasteiger charge is -2.26. The van der Waals surface area contributed by atoms with Gasteiger partial charge in [-0.05, 0) is 31.2 Å². The second-order valence-corrected chi connectivity index (χ2v) is 4.03. The summed E-state index contributed by atoms with van der Waals surface area (Å²) in [5.41, 5.74) is 0. The molecule has 2 aliphatic rings. The van der Waals surface area contributed by atoms with Crippen LogP contribution < -0.4 is 4.90 Å². The van der Waals surface area contributed by atoms with Crippen LogP contribution in [0.25, 0.3) is 0 Å². The van der Waals surface area contributed by atoms with Crippen molar-refractivity contribution in [3.63, 3.8) is 0 Å². The first-order valence-corrected chi connectivity index (χ1v) is 4.97. The lowest BCUT2D eigenvalue weighted by Crippen LogP contribution is -2.33. The summed E-state index contributed by atoms with van der Waals surface area (Å²) in [4.78, 5) is 11.0. The van der Waals surface area contributed by atoms with E-state index in [0.717, 1.165) is 17.9 Å². The number of piperidine rings is 1. The van der Waals surface area contributed by atoms with E-state index in [-0.39, 0.29) is 0 Å². The highest BCUT2D eigenvalue weighted by Crippen LogP contribution is 2.38. The van der Waals surface area contributed by atoms with Crippen molar-refractivity contribution >= 4 is 5.95 Å². The van der Waals surface area contributed by atoms with Crippen LogP contribution in [0.4, 0.5) is 5.95 Å². The molecule has 1 aromatic heterocycles. The molecule has 0 aromatic carbocycles. The van der Waals surface area contributed by atoms with Gasteiger partial charge >= 0.3 is 0 Å². The van der Waals surface area contributed by atoms with Gasteiger partial charge in [0.15, 0.2) is 0 Å². The molecular weight excluding hydrogens is 162 g/mol. The number of anilines is 1. The number of hydrogen-bond acceptors (Lipinski definition) is 3. The van der Waals surface area contributed by atoms with Crippen molar-refractivity contribution < 1.29 is 0 Å². The average Bonchev–Trinajstić information content (AvgIpc) is 2.80. The van der Waals surface area contributed by atoms with E-state index in [1.165, 1.54) is 25.8 Å². The Morgan fingerprint density at radius 2 is 2.08 bits per heavy atom. The van der Waals surface area contributed by atoms with Crippen molar-refractivity contribution in [2.75, 3.05) is 11.4 Å². The van der Waals surface area contributed by atoms with Crippen molar-refractivity contribution in [3.8, 4) is 0 Å². The lowest BCUT2D eigenvalue weighted by atomic mass is 10.1. The fourth-order valence-electron chi connectivity index (χ4n) is 2.61. The molecule has 68 valence electrons. The molecule has 13 heavy (non-hydrogen) atoms. The minimum atomic E-state index is 0.729. The molecule has 3 heteroatoms. The van der Waals surface area contributed by atoms with E-state index in [1.54, 1.807) is 0 Å². The van der Waals surface area contributed by atoms with Crippen molar-refractivity contribution in [2.24, 2.45) is 5.92 Å². The van der Waals surface area contributed by atoms with Crippen LogP contribution in [-0.4, -0.2) is 22.6 Å². The van der Waals surface area contributed by atoms with Crippen molar-refractivity contribution in [2.45, 2.75) is 25.3 Å². The molecule has 1 aliphatic carbocycles. The highest BCUT2D eigenvalue weighted by Gasteiger charge is 2.38. The van der Waals surface area contributed by atoms with Crippen LogP contribution in [0.1, 0.15) is 19.3 Å². The molecular formula is C10H13N3. The molecule has 3 rings (SSSR count). The van der Waals surface area contributed by atoms with Crippen LogP contribution in [-0.2, 0) is 0 Å². The molecule has 1 aliphatic heterocycles. The molecule has 2 heterocycles. The summed E-state index contributed by atoms with van der Waals surface area (Å²) in [6, 6.07) is 2.60. The molecule has 0 amide bonds. The van der Waals surface area contributed by atoms with Crippen molar-refractivity contribution in [1.82, 2.24) is 9.97 Å². The van der Waals surface area contributed by atoms with Gasteiger partial charge in [0.05, 0.1) is 0 Å². The maximum Gasteiger partial charge on any atom is 0.225 e. The Labute approximate surface area is 77.8 Å². The summed E-state index contributed by atoms with van der Waals surface area (Å²) in [7, 11) is 0. The van der Waals surface area contributed by atoms with Crippen LogP contribution in [0.15, 0.2) is 18.5 Å². The first-order valence-electron chi connectivity index (χ1n) is 4.97. The van der Waals surface area contributed by atoms with Gasteiger partial charge in [0, 0.05) is 25.0 Å². The van der Waals surface area contributed by atoms with E-state index >= 15 is 0 Å². The number of hydrogen-bond donors (Lipinski definition) is 0. The van der Waals surface area contributed by atoms with Gasteiger partial charge in [-0.25, -0.2) is 9.97 Å². The lowest BCUT2D eigenvalue weighted by molar-refractivity contribution is 0.546. The van der Waals surface area contributed by atoms with E-state index < -0.39 is 0 Å². The van der Waals surface area contributed by atoms with E-state index in [9.17, 15) is 0 Å². The summed E-state index contributed by atoms with van der Waals surface area (Å²) in [5.74, 6) is 1.84. The maximum atomic E-state index is 4.29. The maximum absolute atomic E-state index is 4.29. The van der Waals surface area contributed by atoms with E-state index in [4.69, 9.17) is 0 Å². The van der Waals surface area contributed by atoms with Gasteiger partial charge in [0.2, 0.25) is 5.95 Å². The summed E-state index contributed by atoms with van der Waals surface area (Å²) < 4.78 is 0. The third kappa shape index (κ3) is 1.10. The minimum Gasteiger partial charge on any atom is -0.338 e. The summed E-state index contributed by atoms with van der Waals surface area (Å²) >= 11 is 0. The molecule has 1 saturated carbocycles. The number of nitrogens with zero attached hydrogens (tertiary/aromatic N) is 3. The molecule has 2 atom stereocenters. The highest BCUT2D eigenvalue weighted by atomic mass is 15.3. The second kappa shape index (κ2) is 2.69. The first-order chi connectivity index (χ1) is 6.43. The average molecular weight is 175 g/mol. The normalized spacial score (nSPS) is 31.2. The third-order valence-corrected chi connectivity index (χ3v) is 3.22. The van der Waals surface area contributed by atoms with Gasteiger partial charge in [0.25, 0.3) is 0 Å². The molecule has 1 saturated heterocycles. The fraction of sp³-hybridized carbons (Fsp3) is 0.600. The highest BCUT2D eigenvalue weighted by molar-refractivity contribution is 5.34. The second-order valence-electron chi connectivity index (χ2n) is 4.03. The molecule has 2 unspecified atom stereocenters. The minimum absolute atomic E-state index is 0.729. The molecule has 2 fully saturated rings. The standard InChI is InChI=1S/C10H13N3/c1-4-11-10(12-5-1)13-7-8-2-3-9(13)6-8/h1,4-5,8-9H,2-3,6-7H2. The van der Waals surface area contributed by atoms with Crippen molar-refractivity contribution in [3.05, 3.63) is 18.5 Å². The first kappa shape index (κ1) is 7.30. The van der Waals surface area contributed by atoms with Gasteiger partial charge in [0.1, 0.15) is 0 Å². The molecule has 2 bridgehead atoms.